The maximum Gasteiger partial charge on any atom is 0.315 e. The second-order valence-electron chi connectivity index (χ2n) is 6.56. The Bertz CT molecular complexity index is 1150. The first-order valence-electron chi connectivity index (χ1n) is 9.42. The van der Waals surface area contributed by atoms with Gasteiger partial charge in [0.15, 0.2) is 11.5 Å². The van der Waals surface area contributed by atoms with Gasteiger partial charge in [0, 0.05) is 5.56 Å². The van der Waals surface area contributed by atoms with Crippen LogP contribution in [0.15, 0.2) is 66.7 Å². The van der Waals surface area contributed by atoms with Gasteiger partial charge in [-0.1, -0.05) is 36.4 Å². The van der Waals surface area contributed by atoms with Crippen molar-refractivity contribution in [2.45, 2.75) is 6.42 Å². The van der Waals surface area contributed by atoms with Crippen molar-refractivity contribution in [3.05, 3.63) is 89.2 Å². The molecule has 3 aromatic carbocycles. The number of carbonyl (C=O) groups excluding carboxylic acids is 1. The zero-order valence-corrected chi connectivity index (χ0v) is 17.1. The van der Waals surface area contributed by atoms with Crippen LogP contribution in [0.25, 0.3) is 11.6 Å². The first kappa shape index (κ1) is 21.6. The Morgan fingerprint density at radius 1 is 1.00 bits per heavy atom. The second-order valence-corrected chi connectivity index (χ2v) is 6.56. The first-order chi connectivity index (χ1) is 15.0. The van der Waals surface area contributed by atoms with E-state index in [-0.39, 0.29) is 23.3 Å². The molecule has 0 radical (unpaired) electrons. The predicted molar refractivity (Wildman–Crippen MR) is 115 cm³/mol. The van der Waals surface area contributed by atoms with Crippen molar-refractivity contribution in [1.29, 1.82) is 5.26 Å². The van der Waals surface area contributed by atoms with Gasteiger partial charge < -0.3 is 14.2 Å². The van der Waals surface area contributed by atoms with Gasteiger partial charge in [-0.3, -0.25) is 4.79 Å². The van der Waals surface area contributed by atoms with Crippen molar-refractivity contribution < 1.29 is 23.4 Å². The van der Waals surface area contributed by atoms with Crippen LogP contribution in [-0.2, 0) is 11.2 Å². The molecule has 0 amide bonds. The SMILES string of the molecule is COc1ccc(CC(=O)Oc2ccc(/C=C(/C#N)c3ccccc3F)cc2OC)cc1. The summed E-state index contributed by atoms with van der Waals surface area (Å²) in [5.74, 6) is 0.349. The van der Waals surface area contributed by atoms with Crippen LogP contribution < -0.4 is 14.2 Å². The standard InChI is InChI=1S/C25H20FNO4/c1-29-20-10-7-17(8-11-20)15-25(28)31-23-12-9-18(14-24(23)30-2)13-19(16-27)21-5-3-4-6-22(21)26/h3-14H,15H2,1-2H3/b19-13-. The topological polar surface area (TPSA) is 68.5 Å². The van der Waals surface area contributed by atoms with Crippen molar-refractivity contribution in [1.82, 2.24) is 0 Å². The third-order valence-electron chi connectivity index (χ3n) is 4.51. The highest BCUT2D eigenvalue weighted by molar-refractivity contribution is 5.90. The number of hydrogen-bond donors (Lipinski definition) is 0. The van der Waals surface area contributed by atoms with Gasteiger partial charge >= 0.3 is 5.97 Å². The van der Waals surface area contributed by atoms with E-state index in [4.69, 9.17) is 14.2 Å². The molecule has 0 saturated carbocycles. The summed E-state index contributed by atoms with van der Waals surface area (Å²) in [6.07, 6.45) is 1.63. The number of allylic oxidation sites excluding steroid dienone is 1. The average molecular weight is 417 g/mol. The number of ether oxygens (including phenoxy) is 3. The number of carbonyl (C=O) groups is 1. The highest BCUT2D eigenvalue weighted by Gasteiger charge is 2.13. The minimum absolute atomic E-state index is 0.0840. The minimum atomic E-state index is -0.480. The fourth-order valence-corrected chi connectivity index (χ4v) is 2.94. The zero-order chi connectivity index (χ0) is 22.2. The second kappa shape index (κ2) is 10.1. The third kappa shape index (κ3) is 5.49. The van der Waals surface area contributed by atoms with Crippen molar-refractivity contribution in [3.63, 3.8) is 0 Å². The van der Waals surface area contributed by atoms with Gasteiger partial charge in [0.05, 0.1) is 32.3 Å². The Balaban J connectivity index is 1.78. The van der Waals surface area contributed by atoms with E-state index < -0.39 is 11.8 Å². The number of esters is 1. The number of hydrogen-bond acceptors (Lipinski definition) is 5. The Labute approximate surface area is 179 Å². The molecule has 0 aliphatic heterocycles. The van der Waals surface area contributed by atoms with Gasteiger partial charge in [0.2, 0.25) is 0 Å². The molecule has 31 heavy (non-hydrogen) atoms. The maximum absolute atomic E-state index is 14.0. The molecule has 6 heteroatoms. The molecule has 0 unspecified atom stereocenters. The van der Waals surface area contributed by atoms with Crippen molar-refractivity contribution in [2.24, 2.45) is 0 Å². The lowest BCUT2D eigenvalue weighted by molar-refractivity contribution is -0.133. The molecule has 0 bridgehead atoms. The van der Waals surface area contributed by atoms with Crippen LogP contribution in [0, 0.1) is 17.1 Å². The van der Waals surface area contributed by atoms with Crippen LogP contribution in [0.3, 0.4) is 0 Å². The molecule has 0 atom stereocenters. The summed E-state index contributed by atoms with van der Waals surface area (Å²) in [6.45, 7) is 0. The van der Waals surface area contributed by atoms with Crippen molar-refractivity contribution in [2.75, 3.05) is 14.2 Å². The van der Waals surface area contributed by atoms with E-state index in [0.29, 0.717) is 17.1 Å². The van der Waals surface area contributed by atoms with E-state index in [1.807, 2.05) is 6.07 Å². The quantitative estimate of drug-likeness (QED) is 0.233. The molecular weight excluding hydrogens is 397 g/mol. The van der Waals surface area contributed by atoms with Gasteiger partial charge in [-0.05, 0) is 47.5 Å². The average Bonchev–Trinajstić information content (AvgIpc) is 2.79. The van der Waals surface area contributed by atoms with Gasteiger partial charge in [-0.25, -0.2) is 4.39 Å². The summed E-state index contributed by atoms with van der Waals surface area (Å²) in [5.41, 5.74) is 1.77. The monoisotopic (exact) mass is 417 g/mol. The maximum atomic E-state index is 14.0. The molecule has 0 aliphatic rings. The fourth-order valence-electron chi connectivity index (χ4n) is 2.94. The molecule has 5 nitrogen and oxygen atoms in total. The number of nitriles is 1. The predicted octanol–water partition coefficient (Wildman–Crippen LogP) is 5.06. The smallest absolute Gasteiger partial charge is 0.315 e. The normalized spacial score (nSPS) is 10.8. The minimum Gasteiger partial charge on any atom is -0.497 e. The molecular formula is C25H20FNO4. The largest absolute Gasteiger partial charge is 0.497 e. The number of benzene rings is 3. The molecule has 0 fully saturated rings. The van der Waals surface area contributed by atoms with Gasteiger partial charge in [-0.15, -0.1) is 0 Å². The molecule has 0 saturated heterocycles. The third-order valence-corrected chi connectivity index (χ3v) is 4.51. The van der Waals surface area contributed by atoms with E-state index in [1.165, 1.54) is 19.2 Å². The van der Waals surface area contributed by atoms with E-state index >= 15 is 0 Å². The van der Waals surface area contributed by atoms with Crippen LogP contribution in [-0.4, -0.2) is 20.2 Å². The van der Waals surface area contributed by atoms with Crippen molar-refractivity contribution >= 4 is 17.6 Å². The highest BCUT2D eigenvalue weighted by Crippen LogP contribution is 2.30. The zero-order valence-electron chi connectivity index (χ0n) is 17.1. The molecule has 3 aromatic rings. The lowest BCUT2D eigenvalue weighted by atomic mass is 10.0. The van der Waals surface area contributed by atoms with Crippen LogP contribution in [0.5, 0.6) is 17.2 Å². The number of methoxy groups -OCH3 is 2. The molecule has 0 spiro atoms. The van der Waals surface area contributed by atoms with Crippen LogP contribution in [0.4, 0.5) is 4.39 Å². The Morgan fingerprint density at radius 2 is 1.74 bits per heavy atom. The molecule has 0 aromatic heterocycles. The lowest BCUT2D eigenvalue weighted by Gasteiger charge is -2.11. The van der Waals surface area contributed by atoms with Crippen LogP contribution in [0.2, 0.25) is 0 Å². The van der Waals surface area contributed by atoms with Crippen molar-refractivity contribution in [3.8, 4) is 23.3 Å². The Hall–Kier alpha value is -4.11. The summed E-state index contributed by atoms with van der Waals surface area (Å²) in [6, 6.07) is 20.1. The molecule has 0 aliphatic carbocycles. The molecule has 3 rings (SSSR count). The first-order valence-corrected chi connectivity index (χ1v) is 9.42. The summed E-state index contributed by atoms with van der Waals surface area (Å²) < 4.78 is 29.9. The van der Waals surface area contributed by atoms with E-state index in [0.717, 1.165) is 5.56 Å². The fraction of sp³-hybridized carbons (Fsp3) is 0.120. The molecule has 0 N–H and O–H groups in total. The summed E-state index contributed by atoms with van der Waals surface area (Å²) in [4.78, 5) is 12.3. The van der Waals surface area contributed by atoms with Gasteiger partial charge in [0.1, 0.15) is 11.6 Å². The van der Waals surface area contributed by atoms with Gasteiger partial charge in [-0.2, -0.15) is 5.26 Å². The summed E-state index contributed by atoms with van der Waals surface area (Å²) in [7, 11) is 3.02. The Morgan fingerprint density at radius 3 is 2.39 bits per heavy atom. The number of rotatable bonds is 7. The summed E-state index contributed by atoms with van der Waals surface area (Å²) in [5, 5.41) is 9.44. The molecule has 0 heterocycles. The van der Waals surface area contributed by atoms with E-state index in [9.17, 15) is 14.4 Å². The summed E-state index contributed by atoms with van der Waals surface area (Å²) >= 11 is 0. The Kier molecular flexibility index (Phi) is 7.02. The van der Waals surface area contributed by atoms with Crippen LogP contribution in [0.1, 0.15) is 16.7 Å². The van der Waals surface area contributed by atoms with E-state index in [1.54, 1.807) is 67.8 Å². The molecule has 156 valence electrons. The number of nitrogens with zero attached hydrogens (tertiary/aromatic N) is 1. The van der Waals surface area contributed by atoms with E-state index in [2.05, 4.69) is 0 Å². The van der Waals surface area contributed by atoms with Crippen LogP contribution >= 0.6 is 0 Å². The highest BCUT2D eigenvalue weighted by atomic mass is 19.1. The van der Waals surface area contributed by atoms with Gasteiger partial charge in [0.25, 0.3) is 0 Å². The number of halogens is 1. The lowest BCUT2D eigenvalue weighted by Crippen LogP contribution is -2.12.